The van der Waals surface area contributed by atoms with Gasteiger partial charge in [-0.15, -0.1) is 0 Å². The van der Waals surface area contributed by atoms with Crippen molar-refractivity contribution in [3.63, 3.8) is 0 Å². The Balaban J connectivity index is 1.25. The number of rotatable bonds is 9. The maximum absolute atomic E-state index is 13.8. The summed E-state index contributed by atoms with van der Waals surface area (Å²) in [4.78, 5) is 39.8. The van der Waals surface area contributed by atoms with E-state index in [1.54, 1.807) is 40.0 Å². The number of hydrogen-bond acceptors (Lipinski definition) is 7. The van der Waals surface area contributed by atoms with E-state index in [0.717, 1.165) is 37.7 Å². The van der Waals surface area contributed by atoms with Crippen LogP contribution in [0.4, 0.5) is 0 Å². The normalized spacial score (nSPS) is 31.1. The smallest absolute Gasteiger partial charge is 0.338 e. The summed E-state index contributed by atoms with van der Waals surface area (Å²) in [6.07, 6.45) is 7.74. The van der Waals surface area contributed by atoms with Gasteiger partial charge in [-0.2, -0.15) is 0 Å². The van der Waals surface area contributed by atoms with Crippen molar-refractivity contribution >= 4 is 17.8 Å². The van der Waals surface area contributed by atoms with E-state index < -0.39 is 17.2 Å². The third kappa shape index (κ3) is 6.81. The van der Waals surface area contributed by atoms with E-state index >= 15 is 0 Å². The van der Waals surface area contributed by atoms with Gasteiger partial charge >= 0.3 is 5.97 Å². The van der Waals surface area contributed by atoms with E-state index in [4.69, 9.17) is 14.2 Å². The van der Waals surface area contributed by atoms with Crippen LogP contribution in [0.25, 0.3) is 0 Å². The lowest BCUT2D eigenvalue weighted by Gasteiger charge is -2.39. The Bertz CT molecular complexity index is 1230. The van der Waals surface area contributed by atoms with Crippen molar-refractivity contribution < 1.29 is 33.7 Å². The summed E-state index contributed by atoms with van der Waals surface area (Å²) in [6, 6.07) is 3.31. The molecule has 43 heavy (non-hydrogen) atoms. The number of carbonyl (C=O) groups is 3. The number of esters is 1. The van der Waals surface area contributed by atoms with E-state index in [2.05, 4.69) is 17.6 Å². The van der Waals surface area contributed by atoms with Crippen molar-refractivity contribution in [2.45, 2.75) is 122 Å². The lowest BCUT2D eigenvalue weighted by molar-refractivity contribution is -0.182. The average Bonchev–Trinajstić information content (AvgIpc) is 3.54. The highest BCUT2D eigenvalue weighted by atomic mass is 16.6. The standard InChI is InChI=1S/C34H50N2O7/c1-20-16-26(41-6)24(18-25(20)42-23-10-14-34(40,15-11-23)31(39)43-32(2,3)4)29(37)36-28-22-9-8-21(17-22)27(28)30(38)35-19-33(5)12-7-13-33/h16,18,21-23,27-28,40H,7-15,17,19H2,1-6H3,(H,35,38)(H,36,37)/t21-,22+,23-,27+,28-,34-/m1/s1. The largest absolute Gasteiger partial charge is 0.496 e. The number of carbonyl (C=O) groups excluding carboxylic acids is 3. The van der Waals surface area contributed by atoms with Crippen molar-refractivity contribution in [3.05, 3.63) is 23.3 Å². The van der Waals surface area contributed by atoms with Gasteiger partial charge in [-0.25, -0.2) is 4.79 Å². The zero-order valence-corrected chi connectivity index (χ0v) is 26.7. The number of nitrogens with one attached hydrogen (secondary N) is 2. The summed E-state index contributed by atoms with van der Waals surface area (Å²) in [6.45, 7) is 10.2. The van der Waals surface area contributed by atoms with Crippen LogP contribution < -0.4 is 20.1 Å². The SMILES string of the molecule is COc1cc(C)c(O[C@H]2CC[C@@](O)(C(=O)OC(C)(C)C)CC2)cc1C(=O)N[C@@H]1[C@H]2CC[C@H](C2)[C@@H]1C(=O)NCC1(C)CCC1. The molecule has 9 nitrogen and oxygen atoms in total. The van der Waals surface area contributed by atoms with Crippen LogP contribution in [-0.4, -0.2) is 59.9 Å². The van der Waals surface area contributed by atoms with Gasteiger partial charge in [-0.1, -0.05) is 13.3 Å². The van der Waals surface area contributed by atoms with Gasteiger partial charge in [0, 0.05) is 12.6 Å². The second-order valence-corrected chi connectivity index (χ2v) is 14.9. The molecule has 4 fully saturated rings. The Morgan fingerprint density at radius 1 is 1.00 bits per heavy atom. The predicted octanol–water partition coefficient (Wildman–Crippen LogP) is 4.85. The molecule has 238 valence electrons. The number of hydrogen-bond donors (Lipinski definition) is 3. The van der Waals surface area contributed by atoms with E-state index in [1.807, 2.05) is 6.92 Å². The Morgan fingerprint density at radius 3 is 2.28 bits per heavy atom. The van der Waals surface area contributed by atoms with Crippen molar-refractivity contribution in [3.8, 4) is 11.5 Å². The van der Waals surface area contributed by atoms with Crippen LogP contribution in [0.2, 0.25) is 0 Å². The fraction of sp³-hybridized carbons (Fsp3) is 0.735. The van der Waals surface area contributed by atoms with E-state index in [-0.39, 0.29) is 48.1 Å². The zero-order valence-electron chi connectivity index (χ0n) is 26.7. The molecule has 5 rings (SSSR count). The molecule has 1 aromatic carbocycles. The predicted molar refractivity (Wildman–Crippen MR) is 162 cm³/mol. The average molecular weight is 599 g/mol. The van der Waals surface area contributed by atoms with Gasteiger partial charge in [-0.3, -0.25) is 9.59 Å². The second kappa shape index (κ2) is 11.9. The maximum atomic E-state index is 13.8. The van der Waals surface area contributed by atoms with Crippen LogP contribution in [-0.2, 0) is 14.3 Å². The van der Waals surface area contributed by atoms with Crippen molar-refractivity contribution in [2.75, 3.05) is 13.7 Å². The molecule has 2 bridgehead atoms. The van der Waals surface area contributed by atoms with Crippen molar-refractivity contribution in [1.29, 1.82) is 0 Å². The van der Waals surface area contributed by atoms with Crippen LogP contribution in [0.3, 0.4) is 0 Å². The number of aryl methyl sites for hydroxylation is 1. The number of ether oxygens (including phenoxy) is 3. The molecular weight excluding hydrogens is 548 g/mol. The highest BCUT2D eigenvalue weighted by Gasteiger charge is 2.52. The number of fused-ring (bicyclic) bond motifs is 2. The summed E-state index contributed by atoms with van der Waals surface area (Å²) < 4.78 is 17.4. The molecule has 0 saturated heterocycles. The minimum absolute atomic E-state index is 0.0640. The minimum Gasteiger partial charge on any atom is -0.496 e. The molecule has 4 aliphatic rings. The molecule has 4 aliphatic carbocycles. The van der Waals surface area contributed by atoms with Crippen LogP contribution in [0, 0.1) is 30.1 Å². The first-order chi connectivity index (χ1) is 20.2. The van der Waals surface area contributed by atoms with E-state index in [1.165, 1.54) is 6.42 Å². The van der Waals surface area contributed by atoms with Crippen molar-refractivity contribution in [1.82, 2.24) is 10.6 Å². The number of amides is 2. The maximum Gasteiger partial charge on any atom is 0.338 e. The van der Waals surface area contributed by atoms with Gasteiger partial charge in [0.2, 0.25) is 5.91 Å². The first kappa shape index (κ1) is 31.6. The summed E-state index contributed by atoms with van der Waals surface area (Å²) in [5.74, 6) is 0.588. The lowest BCUT2D eigenvalue weighted by Crippen LogP contribution is -2.51. The second-order valence-electron chi connectivity index (χ2n) is 14.9. The summed E-state index contributed by atoms with van der Waals surface area (Å²) >= 11 is 0. The Labute approximate surface area is 255 Å². The first-order valence-corrected chi connectivity index (χ1v) is 16.1. The first-order valence-electron chi connectivity index (χ1n) is 16.1. The molecule has 1 aromatic rings. The fourth-order valence-corrected chi connectivity index (χ4v) is 7.56. The van der Waals surface area contributed by atoms with Crippen LogP contribution in [0.15, 0.2) is 12.1 Å². The summed E-state index contributed by atoms with van der Waals surface area (Å²) in [7, 11) is 1.54. The molecule has 4 atom stereocenters. The molecule has 4 saturated carbocycles. The highest BCUT2D eigenvalue weighted by Crippen LogP contribution is 2.49. The topological polar surface area (TPSA) is 123 Å². The Hall–Kier alpha value is -2.81. The third-order valence-electron chi connectivity index (χ3n) is 10.3. The molecule has 0 spiro atoms. The van der Waals surface area contributed by atoms with E-state index in [9.17, 15) is 19.5 Å². The molecule has 9 heteroatoms. The third-order valence-corrected chi connectivity index (χ3v) is 10.3. The molecule has 2 amide bonds. The molecule has 0 heterocycles. The molecule has 0 aromatic heterocycles. The van der Waals surface area contributed by atoms with Crippen LogP contribution in [0.1, 0.15) is 108 Å². The molecule has 0 unspecified atom stereocenters. The van der Waals surface area contributed by atoms with Gasteiger partial charge in [-0.05, 0) is 120 Å². The van der Waals surface area contributed by atoms with Crippen LogP contribution in [0.5, 0.6) is 11.5 Å². The fourth-order valence-electron chi connectivity index (χ4n) is 7.56. The molecular formula is C34H50N2O7. The molecule has 3 N–H and O–H groups in total. The molecule has 0 radical (unpaired) electrons. The minimum atomic E-state index is -1.52. The number of benzene rings is 1. The quantitative estimate of drug-likeness (QED) is 0.347. The van der Waals surface area contributed by atoms with Gasteiger partial charge < -0.3 is 30.0 Å². The van der Waals surface area contributed by atoms with Crippen LogP contribution >= 0.6 is 0 Å². The monoisotopic (exact) mass is 598 g/mol. The zero-order chi connectivity index (χ0) is 31.2. The summed E-state index contributed by atoms with van der Waals surface area (Å²) in [5, 5.41) is 17.4. The van der Waals surface area contributed by atoms with E-state index in [0.29, 0.717) is 48.3 Å². The van der Waals surface area contributed by atoms with Gasteiger partial charge in [0.1, 0.15) is 17.1 Å². The molecule has 0 aliphatic heterocycles. The van der Waals surface area contributed by atoms with Gasteiger partial charge in [0.15, 0.2) is 5.60 Å². The highest BCUT2D eigenvalue weighted by molar-refractivity contribution is 5.98. The number of methoxy groups -OCH3 is 1. The number of aliphatic hydroxyl groups is 1. The summed E-state index contributed by atoms with van der Waals surface area (Å²) in [5.41, 5.74) is -0.805. The van der Waals surface area contributed by atoms with Gasteiger partial charge in [0.25, 0.3) is 5.91 Å². The van der Waals surface area contributed by atoms with Crippen molar-refractivity contribution in [2.24, 2.45) is 23.2 Å². The Morgan fingerprint density at radius 2 is 1.67 bits per heavy atom. The van der Waals surface area contributed by atoms with Gasteiger partial charge in [0.05, 0.1) is 24.7 Å². The lowest BCUT2D eigenvalue weighted by atomic mass is 9.70. The Kier molecular flexibility index (Phi) is 8.78.